The van der Waals surface area contributed by atoms with Crippen LogP contribution in [0.15, 0.2) is 47.4 Å². The smallest absolute Gasteiger partial charge is 0.254 e. The number of hydrogen-bond donors (Lipinski definition) is 1. The highest BCUT2D eigenvalue weighted by molar-refractivity contribution is 7.89. The number of carbonyl (C=O) groups is 2. The molecular formula is C19H21F2N3O4S. The molecule has 0 saturated carbocycles. The van der Waals surface area contributed by atoms with E-state index in [-0.39, 0.29) is 17.0 Å². The Morgan fingerprint density at radius 2 is 1.62 bits per heavy atom. The number of likely N-dealkylation sites (N-methyl/N-ethyl adjacent to an activating group) is 1. The Bertz CT molecular complexity index is 1010. The molecule has 29 heavy (non-hydrogen) atoms. The number of halogens is 2. The van der Waals surface area contributed by atoms with Gasteiger partial charge >= 0.3 is 0 Å². The molecule has 0 aliphatic rings. The number of nitrogens with one attached hydrogen (secondary N) is 1. The number of carbonyl (C=O) groups excluding carboxylic acids is 2. The molecule has 2 aromatic rings. The molecule has 0 saturated heterocycles. The third-order valence-electron chi connectivity index (χ3n) is 4.09. The lowest BCUT2D eigenvalue weighted by molar-refractivity contribution is -0.116. The number of rotatable bonds is 7. The fourth-order valence-corrected chi connectivity index (χ4v) is 3.43. The van der Waals surface area contributed by atoms with E-state index >= 15 is 0 Å². The van der Waals surface area contributed by atoms with Gasteiger partial charge in [-0.15, -0.1) is 0 Å². The lowest BCUT2D eigenvalue weighted by Crippen LogP contribution is -2.38. The van der Waals surface area contributed by atoms with Gasteiger partial charge in [0.15, 0.2) is 0 Å². The first-order valence-electron chi connectivity index (χ1n) is 8.63. The molecule has 0 radical (unpaired) electrons. The van der Waals surface area contributed by atoms with E-state index < -0.39 is 45.7 Å². The highest BCUT2D eigenvalue weighted by Gasteiger charge is 2.22. The fourth-order valence-electron chi connectivity index (χ4n) is 2.48. The van der Waals surface area contributed by atoms with Gasteiger partial charge in [-0.05, 0) is 37.3 Å². The van der Waals surface area contributed by atoms with Crippen molar-refractivity contribution < 1.29 is 26.8 Å². The number of sulfonamides is 1. The van der Waals surface area contributed by atoms with Gasteiger partial charge < -0.3 is 10.2 Å². The van der Waals surface area contributed by atoms with Crippen molar-refractivity contribution in [2.24, 2.45) is 0 Å². The lowest BCUT2D eigenvalue weighted by Gasteiger charge is -2.21. The number of para-hydroxylation sites is 1. The van der Waals surface area contributed by atoms with E-state index in [1.807, 2.05) is 0 Å². The van der Waals surface area contributed by atoms with E-state index in [4.69, 9.17) is 0 Å². The molecular weight excluding hydrogens is 404 g/mol. The molecule has 156 valence electrons. The summed E-state index contributed by atoms with van der Waals surface area (Å²) in [6.45, 7) is 1.28. The van der Waals surface area contributed by atoms with Crippen molar-refractivity contribution in [2.75, 3.05) is 32.5 Å². The van der Waals surface area contributed by atoms with Crippen molar-refractivity contribution in [3.8, 4) is 0 Å². The van der Waals surface area contributed by atoms with Crippen LogP contribution in [-0.2, 0) is 14.8 Å². The van der Waals surface area contributed by atoms with Crippen LogP contribution in [-0.4, -0.2) is 56.6 Å². The summed E-state index contributed by atoms with van der Waals surface area (Å²) >= 11 is 0. The monoisotopic (exact) mass is 425 g/mol. The van der Waals surface area contributed by atoms with Crippen LogP contribution in [0.1, 0.15) is 17.3 Å². The summed E-state index contributed by atoms with van der Waals surface area (Å²) in [4.78, 5) is 26.0. The Kier molecular flexibility index (Phi) is 7.04. The van der Waals surface area contributed by atoms with Crippen LogP contribution in [0.3, 0.4) is 0 Å². The molecule has 0 bridgehead atoms. The first-order valence-corrected chi connectivity index (χ1v) is 10.1. The number of nitrogens with zero attached hydrogens (tertiary/aromatic N) is 2. The highest BCUT2D eigenvalue weighted by atomic mass is 32.2. The summed E-state index contributed by atoms with van der Waals surface area (Å²) in [5, 5.41) is 2.11. The molecule has 0 unspecified atom stereocenters. The SMILES string of the molecule is CCN(CC(=O)Nc1c(F)cccc1F)C(=O)c1cccc(S(=O)(=O)N(C)C)c1. The number of anilines is 1. The molecule has 1 N–H and O–H groups in total. The molecule has 10 heteroatoms. The van der Waals surface area contributed by atoms with Crippen molar-refractivity contribution in [1.82, 2.24) is 9.21 Å². The summed E-state index contributed by atoms with van der Waals surface area (Å²) in [6.07, 6.45) is 0. The fraction of sp³-hybridized carbons (Fsp3) is 0.263. The first-order chi connectivity index (χ1) is 13.6. The topological polar surface area (TPSA) is 86.8 Å². The average Bonchev–Trinajstić information content (AvgIpc) is 2.68. The predicted octanol–water partition coefficient (Wildman–Crippen LogP) is 2.32. The van der Waals surface area contributed by atoms with E-state index in [0.29, 0.717) is 0 Å². The molecule has 0 aromatic heterocycles. The molecule has 0 spiro atoms. The van der Waals surface area contributed by atoms with Crippen LogP contribution in [0.25, 0.3) is 0 Å². The van der Waals surface area contributed by atoms with E-state index in [9.17, 15) is 26.8 Å². The molecule has 2 aromatic carbocycles. The zero-order valence-electron chi connectivity index (χ0n) is 16.1. The van der Waals surface area contributed by atoms with Crippen LogP contribution >= 0.6 is 0 Å². The minimum atomic E-state index is -3.74. The van der Waals surface area contributed by atoms with Crippen molar-refractivity contribution in [3.63, 3.8) is 0 Å². The second kappa shape index (κ2) is 9.10. The average molecular weight is 425 g/mol. The van der Waals surface area contributed by atoms with Gasteiger partial charge in [0.05, 0.1) is 4.90 Å². The maximum Gasteiger partial charge on any atom is 0.254 e. The summed E-state index contributed by atoms with van der Waals surface area (Å²) in [7, 11) is -1.000. The summed E-state index contributed by atoms with van der Waals surface area (Å²) < 4.78 is 52.9. The zero-order chi connectivity index (χ0) is 21.8. The van der Waals surface area contributed by atoms with Gasteiger partial charge in [-0.3, -0.25) is 9.59 Å². The predicted molar refractivity (Wildman–Crippen MR) is 104 cm³/mol. The maximum atomic E-state index is 13.7. The molecule has 0 fully saturated rings. The Labute approximate surface area is 168 Å². The number of hydrogen-bond acceptors (Lipinski definition) is 4. The number of amides is 2. The van der Waals surface area contributed by atoms with Gasteiger partial charge in [0.25, 0.3) is 5.91 Å². The standard InChI is InChI=1S/C19H21F2N3O4S/c1-4-24(12-17(25)22-18-15(20)9-6-10-16(18)21)19(26)13-7-5-8-14(11-13)29(27,28)23(2)3/h5-11H,4,12H2,1-3H3,(H,22,25). The summed E-state index contributed by atoms with van der Waals surface area (Å²) in [5.41, 5.74) is -0.528. The van der Waals surface area contributed by atoms with Crippen molar-refractivity contribution in [2.45, 2.75) is 11.8 Å². The normalized spacial score (nSPS) is 11.4. The zero-order valence-corrected chi connectivity index (χ0v) is 17.0. The highest BCUT2D eigenvalue weighted by Crippen LogP contribution is 2.19. The molecule has 2 amide bonds. The van der Waals surface area contributed by atoms with Gasteiger partial charge in [0.2, 0.25) is 15.9 Å². The van der Waals surface area contributed by atoms with E-state index in [1.165, 1.54) is 38.4 Å². The third kappa shape index (κ3) is 5.15. The van der Waals surface area contributed by atoms with Gasteiger partial charge in [-0.1, -0.05) is 12.1 Å². The third-order valence-corrected chi connectivity index (χ3v) is 5.90. The van der Waals surface area contributed by atoms with Gasteiger partial charge in [-0.2, -0.15) is 0 Å². The lowest BCUT2D eigenvalue weighted by atomic mass is 10.2. The van der Waals surface area contributed by atoms with Crippen molar-refractivity contribution in [1.29, 1.82) is 0 Å². The van der Waals surface area contributed by atoms with Gasteiger partial charge in [-0.25, -0.2) is 21.5 Å². The van der Waals surface area contributed by atoms with Crippen LogP contribution in [0, 0.1) is 11.6 Å². The minimum Gasteiger partial charge on any atom is -0.330 e. The van der Waals surface area contributed by atoms with Crippen LogP contribution < -0.4 is 5.32 Å². The molecule has 0 atom stereocenters. The Morgan fingerprint density at radius 3 is 2.17 bits per heavy atom. The summed E-state index contributed by atoms with van der Waals surface area (Å²) in [5.74, 6) is -3.25. The summed E-state index contributed by atoms with van der Waals surface area (Å²) in [6, 6.07) is 8.58. The van der Waals surface area contributed by atoms with Gasteiger partial charge in [0.1, 0.15) is 23.9 Å². The molecule has 0 aliphatic carbocycles. The van der Waals surface area contributed by atoms with Crippen molar-refractivity contribution >= 4 is 27.5 Å². The second-order valence-electron chi connectivity index (χ2n) is 6.28. The molecule has 0 heterocycles. The van der Waals surface area contributed by atoms with Gasteiger partial charge in [0, 0.05) is 26.2 Å². The second-order valence-corrected chi connectivity index (χ2v) is 8.43. The Hall–Kier alpha value is -2.85. The van der Waals surface area contributed by atoms with Crippen LogP contribution in [0.2, 0.25) is 0 Å². The number of benzene rings is 2. The van der Waals surface area contributed by atoms with Crippen molar-refractivity contribution in [3.05, 3.63) is 59.7 Å². The maximum absolute atomic E-state index is 13.7. The Balaban J connectivity index is 2.20. The van der Waals surface area contributed by atoms with Crippen LogP contribution in [0.4, 0.5) is 14.5 Å². The van der Waals surface area contributed by atoms with Crippen LogP contribution in [0.5, 0.6) is 0 Å². The molecule has 2 rings (SSSR count). The van der Waals surface area contributed by atoms with E-state index in [0.717, 1.165) is 27.4 Å². The molecule has 0 aliphatic heterocycles. The Morgan fingerprint density at radius 1 is 1.03 bits per heavy atom. The molecule has 7 nitrogen and oxygen atoms in total. The largest absolute Gasteiger partial charge is 0.330 e. The quantitative estimate of drug-likeness (QED) is 0.738. The van der Waals surface area contributed by atoms with E-state index in [1.54, 1.807) is 6.92 Å². The first kappa shape index (κ1) is 22.4. The van der Waals surface area contributed by atoms with E-state index in [2.05, 4.69) is 5.32 Å². The minimum absolute atomic E-state index is 0.0673.